The van der Waals surface area contributed by atoms with Crippen LogP contribution in [0.4, 0.5) is 10.8 Å². The SMILES string of the molecule is COC(=O)c1c(N)nsc1NC1C(C)(C)C1(C)C. The molecule has 1 aliphatic rings. The van der Waals surface area contributed by atoms with E-state index in [9.17, 15) is 4.79 Å². The van der Waals surface area contributed by atoms with Crippen LogP contribution < -0.4 is 11.1 Å². The first-order valence-electron chi connectivity index (χ1n) is 5.83. The van der Waals surface area contributed by atoms with Crippen molar-refractivity contribution in [2.45, 2.75) is 33.7 Å². The first kappa shape index (κ1) is 13.1. The lowest BCUT2D eigenvalue weighted by Gasteiger charge is -2.07. The van der Waals surface area contributed by atoms with Crippen molar-refractivity contribution in [3.05, 3.63) is 5.56 Å². The molecule has 2 rings (SSSR count). The number of carbonyl (C=O) groups is 1. The number of hydrogen-bond acceptors (Lipinski definition) is 6. The quantitative estimate of drug-likeness (QED) is 0.824. The third kappa shape index (κ3) is 1.67. The van der Waals surface area contributed by atoms with Crippen molar-refractivity contribution in [1.82, 2.24) is 4.37 Å². The van der Waals surface area contributed by atoms with E-state index in [0.29, 0.717) is 16.6 Å². The number of ether oxygens (including phenoxy) is 1. The highest BCUT2D eigenvalue weighted by atomic mass is 32.1. The maximum Gasteiger partial charge on any atom is 0.344 e. The molecule has 0 aromatic carbocycles. The predicted octanol–water partition coefficient (Wildman–Crippen LogP) is 2.36. The lowest BCUT2D eigenvalue weighted by Crippen LogP contribution is -2.13. The molecule has 1 aromatic heterocycles. The minimum Gasteiger partial charge on any atom is -0.465 e. The number of anilines is 2. The average molecular weight is 269 g/mol. The molecule has 3 N–H and O–H groups in total. The van der Waals surface area contributed by atoms with E-state index in [0.717, 1.165) is 0 Å². The predicted molar refractivity (Wildman–Crippen MR) is 72.8 cm³/mol. The number of nitrogens with two attached hydrogens (primary N) is 1. The van der Waals surface area contributed by atoms with Gasteiger partial charge in [-0.15, -0.1) is 0 Å². The van der Waals surface area contributed by atoms with Gasteiger partial charge in [-0.25, -0.2) is 4.79 Å². The van der Waals surface area contributed by atoms with Gasteiger partial charge in [-0.2, -0.15) is 4.37 Å². The summed E-state index contributed by atoms with van der Waals surface area (Å²) in [6.07, 6.45) is 0. The van der Waals surface area contributed by atoms with E-state index >= 15 is 0 Å². The molecule has 100 valence electrons. The zero-order valence-corrected chi connectivity index (χ0v) is 12.1. The summed E-state index contributed by atoms with van der Waals surface area (Å²) in [5.74, 6) is -0.217. The van der Waals surface area contributed by atoms with Crippen molar-refractivity contribution >= 4 is 28.3 Å². The second-order valence-electron chi connectivity index (χ2n) is 5.78. The molecule has 0 saturated heterocycles. The molecule has 0 aliphatic heterocycles. The molecule has 1 fully saturated rings. The van der Waals surface area contributed by atoms with E-state index < -0.39 is 5.97 Å². The van der Waals surface area contributed by atoms with Crippen LogP contribution in [0.15, 0.2) is 0 Å². The lowest BCUT2D eigenvalue weighted by molar-refractivity contribution is 0.0603. The Hall–Kier alpha value is -1.30. The summed E-state index contributed by atoms with van der Waals surface area (Å²) in [7, 11) is 1.34. The largest absolute Gasteiger partial charge is 0.465 e. The van der Waals surface area contributed by atoms with Crippen LogP contribution in [0.2, 0.25) is 0 Å². The summed E-state index contributed by atoms with van der Waals surface area (Å²) >= 11 is 1.20. The van der Waals surface area contributed by atoms with Crippen molar-refractivity contribution in [2.75, 3.05) is 18.2 Å². The Balaban J connectivity index is 2.25. The van der Waals surface area contributed by atoms with E-state index in [1.807, 2.05) is 0 Å². The van der Waals surface area contributed by atoms with Crippen molar-refractivity contribution < 1.29 is 9.53 Å². The first-order chi connectivity index (χ1) is 8.23. The van der Waals surface area contributed by atoms with Crippen LogP contribution >= 0.6 is 11.5 Å². The molecule has 6 heteroatoms. The average Bonchev–Trinajstić information content (AvgIpc) is 2.62. The van der Waals surface area contributed by atoms with Crippen LogP contribution in [-0.4, -0.2) is 23.5 Å². The molecule has 0 radical (unpaired) electrons. The molecule has 1 aromatic rings. The summed E-state index contributed by atoms with van der Waals surface area (Å²) in [6, 6.07) is 0.299. The molecule has 0 unspecified atom stereocenters. The van der Waals surface area contributed by atoms with Crippen LogP contribution in [0.5, 0.6) is 0 Å². The fourth-order valence-electron chi connectivity index (χ4n) is 2.39. The highest BCUT2D eigenvalue weighted by Crippen LogP contribution is 2.64. The zero-order valence-electron chi connectivity index (χ0n) is 11.3. The third-order valence-electron chi connectivity index (χ3n) is 4.40. The van der Waals surface area contributed by atoms with Crippen molar-refractivity contribution in [3.63, 3.8) is 0 Å². The van der Waals surface area contributed by atoms with Crippen LogP contribution in [0, 0.1) is 10.8 Å². The number of nitrogen functional groups attached to an aromatic ring is 1. The normalized spacial score (nSPS) is 20.5. The standard InChI is InChI=1S/C12H19N3O2S/c1-11(2)10(12(11,3)4)14-8-6(9(16)17-5)7(13)15-18-8/h10,14H,1-5H3,(H2,13,15). The molecule has 0 bridgehead atoms. The van der Waals surface area contributed by atoms with Crippen LogP contribution in [0.1, 0.15) is 38.1 Å². The topological polar surface area (TPSA) is 77.2 Å². The van der Waals surface area contributed by atoms with Gasteiger partial charge in [0, 0.05) is 6.04 Å². The molecule has 0 amide bonds. The summed E-state index contributed by atoms with van der Waals surface area (Å²) < 4.78 is 8.75. The van der Waals surface area contributed by atoms with Gasteiger partial charge in [-0.05, 0) is 22.4 Å². The van der Waals surface area contributed by atoms with Gasteiger partial charge in [0.2, 0.25) is 0 Å². The number of methoxy groups -OCH3 is 1. The number of rotatable bonds is 3. The fraction of sp³-hybridized carbons (Fsp3) is 0.667. The maximum absolute atomic E-state index is 11.7. The second kappa shape index (κ2) is 3.85. The molecule has 0 spiro atoms. The van der Waals surface area contributed by atoms with E-state index in [-0.39, 0.29) is 16.6 Å². The monoisotopic (exact) mass is 269 g/mol. The molecule has 1 saturated carbocycles. The van der Waals surface area contributed by atoms with Gasteiger partial charge < -0.3 is 15.8 Å². The van der Waals surface area contributed by atoms with Gasteiger partial charge in [0.15, 0.2) is 5.82 Å². The smallest absolute Gasteiger partial charge is 0.344 e. The van der Waals surface area contributed by atoms with Crippen LogP contribution in [-0.2, 0) is 4.74 Å². The van der Waals surface area contributed by atoms with Gasteiger partial charge in [0.25, 0.3) is 0 Å². The van der Waals surface area contributed by atoms with E-state index in [4.69, 9.17) is 10.5 Å². The summed E-state index contributed by atoms with van der Waals surface area (Å²) in [5, 5.41) is 4.07. The number of nitrogens with zero attached hydrogens (tertiary/aromatic N) is 1. The molecule has 1 aliphatic carbocycles. The van der Waals surface area contributed by atoms with Crippen LogP contribution in [0.25, 0.3) is 0 Å². The van der Waals surface area contributed by atoms with Gasteiger partial charge in [-0.3, -0.25) is 0 Å². The summed E-state index contributed by atoms with van der Waals surface area (Å²) in [6.45, 7) is 8.81. The molecule has 1 heterocycles. The minimum absolute atomic E-state index is 0.180. The van der Waals surface area contributed by atoms with Crippen molar-refractivity contribution in [2.24, 2.45) is 10.8 Å². The van der Waals surface area contributed by atoms with E-state index in [1.165, 1.54) is 18.6 Å². The number of hydrogen-bond donors (Lipinski definition) is 2. The Morgan fingerprint density at radius 2 is 1.94 bits per heavy atom. The molecule has 18 heavy (non-hydrogen) atoms. The van der Waals surface area contributed by atoms with Gasteiger partial charge >= 0.3 is 5.97 Å². The van der Waals surface area contributed by atoms with Crippen molar-refractivity contribution in [3.8, 4) is 0 Å². The Morgan fingerprint density at radius 1 is 1.39 bits per heavy atom. The number of aromatic nitrogens is 1. The van der Waals surface area contributed by atoms with Gasteiger partial charge in [-0.1, -0.05) is 27.7 Å². The molecule has 5 nitrogen and oxygen atoms in total. The van der Waals surface area contributed by atoms with E-state index in [2.05, 4.69) is 37.4 Å². The number of carbonyl (C=O) groups excluding carboxylic acids is 1. The zero-order chi connectivity index (χ0) is 13.7. The maximum atomic E-state index is 11.7. The minimum atomic E-state index is -0.444. The number of esters is 1. The molecular formula is C12H19N3O2S. The Kier molecular flexibility index (Phi) is 2.81. The Morgan fingerprint density at radius 3 is 2.39 bits per heavy atom. The highest BCUT2D eigenvalue weighted by Gasteiger charge is 2.65. The Bertz CT molecular complexity index is 480. The third-order valence-corrected chi connectivity index (χ3v) is 5.20. The highest BCUT2D eigenvalue weighted by molar-refractivity contribution is 7.11. The van der Waals surface area contributed by atoms with E-state index in [1.54, 1.807) is 0 Å². The lowest BCUT2D eigenvalue weighted by atomic mass is 10.0. The van der Waals surface area contributed by atoms with Crippen molar-refractivity contribution in [1.29, 1.82) is 0 Å². The number of nitrogens with one attached hydrogen (secondary N) is 1. The summed E-state index contributed by atoms with van der Waals surface area (Å²) in [5.41, 5.74) is 6.42. The second-order valence-corrected chi connectivity index (χ2v) is 6.56. The Labute approximate surface area is 111 Å². The molecular weight excluding hydrogens is 250 g/mol. The van der Waals surface area contributed by atoms with Crippen LogP contribution in [0.3, 0.4) is 0 Å². The fourth-order valence-corrected chi connectivity index (χ4v) is 3.12. The van der Waals surface area contributed by atoms with Gasteiger partial charge in [0.1, 0.15) is 10.6 Å². The van der Waals surface area contributed by atoms with Gasteiger partial charge in [0.05, 0.1) is 7.11 Å². The molecule has 0 atom stereocenters. The first-order valence-corrected chi connectivity index (χ1v) is 6.60. The summed E-state index contributed by atoms with van der Waals surface area (Å²) in [4.78, 5) is 11.7.